The molecule has 0 aliphatic heterocycles. The lowest BCUT2D eigenvalue weighted by molar-refractivity contribution is 1.10. The molecule has 2 heterocycles. The average Bonchev–Trinajstić information content (AvgIpc) is 2.74. The quantitative estimate of drug-likeness (QED) is 0.642. The third-order valence-corrected chi connectivity index (χ3v) is 3.28. The summed E-state index contributed by atoms with van der Waals surface area (Å²) < 4.78 is 2.95. The van der Waals surface area contributed by atoms with Crippen molar-refractivity contribution in [2.75, 3.05) is 0 Å². The molecule has 3 rings (SSSR count). The molecule has 0 saturated heterocycles. The van der Waals surface area contributed by atoms with Crippen LogP contribution >= 0.6 is 15.9 Å². The molecule has 2 aromatic heterocycles. The molecule has 0 aliphatic carbocycles. The van der Waals surface area contributed by atoms with Gasteiger partial charge in [-0.25, -0.2) is 0 Å². The van der Waals surface area contributed by atoms with Gasteiger partial charge in [0.05, 0.1) is 4.60 Å². The van der Waals surface area contributed by atoms with Gasteiger partial charge < -0.3 is 0 Å². The van der Waals surface area contributed by atoms with E-state index in [1.54, 1.807) is 0 Å². The Morgan fingerprint density at radius 2 is 1.88 bits per heavy atom. The van der Waals surface area contributed by atoms with Crippen LogP contribution in [0.2, 0.25) is 0 Å². The van der Waals surface area contributed by atoms with Crippen molar-refractivity contribution in [1.82, 2.24) is 14.6 Å². The number of hydrogen-bond acceptors (Lipinski definition) is 2. The second-order valence-electron chi connectivity index (χ2n) is 3.94. The zero-order chi connectivity index (χ0) is 11.8. The maximum absolute atomic E-state index is 4.25. The predicted octanol–water partition coefficient (Wildman–Crippen LogP) is 3.47. The third kappa shape index (κ3) is 1.74. The Hall–Kier alpha value is -1.68. The van der Waals surface area contributed by atoms with Gasteiger partial charge in [-0.2, -0.15) is 0 Å². The van der Waals surface area contributed by atoms with E-state index >= 15 is 0 Å². The predicted molar refractivity (Wildman–Crippen MR) is 70.9 cm³/mol. The van der Waals surface area contributed by atoms with Crippen LogP contribution in [-0.4, -0.2) is 14.6 Å². The van der Waals surface area contributed by atoms with E-state index in [0.29, 0.717) is 0 Å². The van der Waals surface area contributed by atoms with Crippen molar-refractivity contribution in [3.8, 4) is 11.4 Å². The standard InChI is InChI=1S/C13H10BrN3/c1-9-4-2-5-10(8-9)13-16-15-12-7-3-6-11(14)17(12)13/h2-8H,1H3. The van der Waals surface area contributed by atoms with Gasteiger partial charge >= 0.3 is 0 Å². The van der Waals surface area contributed by atoms with Crippen molar-refractivity contribution in [1.29, 1.82) is 0 Å². The lowest BCUT2D eigenvalue weighted by Crippen LogP contribution is -1.91. The first-order valence-corrected chi connectivity index (χ1v) is 6.12. The van der Waals surface area contributed by atoms with Gasteiger partial charge in [0.15, 0.2) is 11.5 Å². The van der Waals surface area contributed by atoms with E-state index in [1.165, 1.54) is 5.56 Å². The van der Waals surface area contributed by atoms with Crippen LogP contribution in [0.3, 0.4) is 0 Å². The molecule has 0 radical (unpaired) electrons. The van der Waals surface area contributed by atoms with Crippen LogP contribution in [0.4, 0.5) is 0 Å². The summed E-state index contributed by atoms with van der Waals surface area (Å²) in [6.07, 6.45) is 0. The zero-order valence-electron chi connectivity index (χ0n) is 9.26. The molecule has 84 valence electrons. The Morgan fingerprint density at radius 3 is 2.71 bits per heavy atom. The van der Waals surface area contributed by atoms with Crippen molar-refractivity contribution >= 4 is 21.6 Å². The molecule has 0 unspecified atom stereocenters. The molecule has 0 spiro atoms. The highest BCUT2D eigenvalue weighted by atomic mass is 79.9. The van der Waals surface area contributed by atoms with E-state index in [-0.39, 0.29) is 0 Å². The van der Waals surface area contributed by atoms with Crippen molar-refractivity contribution in [2.24, 2.45) is 0 Å². The highest BCUT2D eigenvalue weighted by molar-refractivity contribution is 9.10. The average molecular weight is 288 g/mol. The van der Waals surface area contributed by atoms with Gasteiger partial charge in [-0.15, -0.1) is 10.2 Å². The van der Waals surface area contributed by atoms with Gasteiger partial charge in [0.25, 0.3) is 0 Å². The minimum absolute atomic E-state index is 0.843. The molecule has 0 saturated carbocycles. The van der Waals surface area contributed by atoms with Crippen LogP contribution in [0.1, 0.15) is 5.56 Å². The molecule has 0 aliphatic rings. The van der Waals surface area contributed by atoms with Gasteiger partial charge in [0.1, 0.15) is 0 Å². The lowest BCUT2D eigenvalue weighted by Gasteiger charge is -2.03. The monoisotopic (exact) mass is 287 g/mol. The number of aromatic nitrogens is 3. The summed E-state index contributed by atoms with van der Waals surface area (Å²) in [5.41, 5.74) is 3.13. The summed E-state index contributed by atoms with van der Waals surface area (Å²) in [5.74, 6) is 0.858. The summed E-state index contributed by atoms with van der Waals surface area (Å²) >= 11 is 3.53. The molecule has 0 atom stereocenters. The minimum Gasteiger partial charge on any atom is -0.269 e. The number of hydrogen-bond donors (Lipinski definition) is 0. The Morgan fingerprint density at radius 1 is 1.06 bits per heavy atom. The Kier molecular flexibility index (Phi) is 2.44. The van der Waals surface area contributed by atoms with Crippen molar-refractivity contribution < 1.29 is 0 Å². The lowest BCUT2D eigenvalue weighted by atomic mass is 10.1. The van der Waals surface area contributed by atoms with Gasteiger partial charge in [0.2, 0.25) is 0 Å². The second-order valence-corrected chi connectivity index (χ2v) is 4.75. The van der Waals surface area contributed by atoms with Crippen LogP contribution in [-0.2, 0) is 0 Å². The normalized spacial score (nSPS) is 10.9. The minimum atomic E-state index is 0.843. The number of benzene rings is 1. The van der Waals surface area contributed by atoms with Crippen LogP contribution in [0.15, 0.2) is 47.1 Å². The number of fused-ring (bicyclic) bond motifs is 1. The Balaban J connectivity index is 2.31. The highest BCUT2D eigenvalue weighted by Gasteiger charge is 2.09. The van der Waals surface area contributed by atoms with E-state index < -0.39 is 0 Å². The summed E-state index contributed by atoms with van der Waals surface area (Å²) in [5, 5.41) is 8.42. The molecule has 3 nitrogen and oxygen atoms in total. The molecular formula is C13H10BrN3. The zero-order valence-corrected chi connectivity index (χ0v) is 10.8. The fourth-order valence-electron chi connectivity index (χ4n) is 1.87. The van der Waals surface area contributed by atoms with Crippen LogP contribution in [0.25, 0.3) is 17.0 Å². The fraction of sp³-hybridized carbons (Fsp3) is 0.0769. The van der Waals surface area contributed by atoms with Crippen molar-refractivity contribution in [2.45, 2.75) is 6.92 Å². The third-order valence-electron chi connectivity index (χ3n) is 2.66. The number of aryl methyl sites for hydroxylation is 1. The molecular weight excluding hydrogens is 278 g/mol. The SMILES string of the molecule is Cc1cccc(-c2nnc3cccc(Br)n23)c1. The molecule has 0 fully saturated rings. The fourth-order valence-corrected chi connectivity index (χ4v) is 2.38. The molecule has 0 N–H and O–H groups in total. The van der Waals surface area contributed by atoms with Gasteiger partial charge in [-0.1, -0.05) is 29.8 Å². The van der Waals surface area contributed by atoms with E-state index in [4.69, 9.17) is 0 Å². The first-order valence-electron chi connectivity index (χ1n) is 5.32. The number of pyridine rings is 1. The largest absolute Gasteiger partial charge is 0.269 e. The Labute approximate surface area is 107 Å². The van der Waals surface area contributed by atoms with E-state index in [9.17, 15) is 0 Å². The Bertz CT molecular complexity index is 688. The summed E-state index contributed by atoms with van der Waals surface area (Å²) in [4.78, 5) is 0. The van der Waals surface area contributed by atoms with Crippen molar-refractivity contribution in [3.05, 3.63) is 52.6 Å². The number of halogens is 1. The summed E-state index contributed by atoms with van der Waals surface area (Å²) in [7, 11) is 0. The van der Waals surface area contributed by atoms with E-state index in [0.717, 1.165) is 21.6 Å². The van der Waals surface area contributed by atoms with Crippen molar-refractivity contribution in [3.63, 3.8) is 0 Å². The number of nitrogens with zero attached hydrogens (tertiary/aromatic N) is 3. The molecule has 1 aromatic carbocycles. The van der Waals surface area contributed by atoms with E-state index in [1.807, 2.05) is 34.7 Å². The van der Waals surface area contributed by atoms with Gasteiger partial charge in [-0.05, 0) is 41.1 Å². The highest BCUT2D eigenvalue weighted by Crippen LogP contribution is 2.23. The van der Waals surface area contributed by atoms with Crippen LogP contribution in [0, 0.1) is 6.92 Å². The molecule has 17 heavy (non-hydrogen) atoms. The van der Waals surface area contributed by atoms with Gasteiger partial charge in [-0.3, -0.25) is 4.40 Å². The van der Waals surface area contributed by atoms with Gasteiger partial charge in [0, 0.05) is 5.56 Å². The second kappa shape index (κ2) is 3.96. The molecule has 3 aromatic rings. The summed E-state index contributed by atoms with van der Waals surface area (Å²) in [6.45, 7) is 2.07. The molecule has 0 amide bonds. The van der Waals surface area contributed by atoms with E-state index in [2.05, 4.69) is 45.2 Å². The number of rotatable bonds is 1. The molecule has 0 bridgehead atoms. The molecule has 4 heteroatoms. The smallest absolute Gasteiger partial charge is 0.169 e. The first kappa shape index (κ1) is 10.5. The summed E-state index contributed by atoms with van der Waals surface area (Å²) in [6, 6.07) is 14.1. The van der Waals surface area contributed by atoms with Crippen LogP contribution < -0.4 is 0 Å². The maximum atomic E-state index is 4.25. The maximum Gasteiger partial charge on any atom is 0.169 e. The topological polar surface area (TPSA) is 30.2 Å². The van der Waals surface area contributed by atoms with Crippen LogP contribution in [0.5, 0.6) is 0 Å². The first-order chi connectivity index (χ1) is 8.25.